The van der Waals surface area contributed by atoms with E-state index in [9.17, 15) is 4.79 Å². The van der Waals surface area contributed by atoms with Crippen molar-refractivity contribution < 1.29 is 9.53 Å². The average Bonchev–Trinajstić information content (AvgIpc) is 3.17. The molecule has 0 N–H and O–H groups in total. The van der Waals surface area contributed by atoms with Crippen LogP contribution in [-0.4, -0.2) is 48.6 Å². The number of carbonyl (C=O) groups excluding carboxylic acids is 1. The average molecular weight is 359 g/mol. The molecule has 6 heteroatoms. The van der Waals surface area contributed by atoms with E-state index in [-0.39, 0.29) is 18.0 Å². The molecule has 2 heterocycles. The number of thiazole rings is 1. The van der Waals surface area contributed by atoms with Gasteiger partial charge in [0, 0.05) is 31.6 Å². The Morgan fingerprint density at radius 3 is 2.88 bits per heavy atom. The number of likely N-dealkylation sites (N-methyl/N-ethyl adjacent to an activating group) is 1. The fourth-order valence-electron chi connectivity index (χ4n) is 3.19. The summed E-state index contributed by atoms with van der Waals surface area (Å²) in [5, 5.41) is 2.10. The van der Waals surface area contributed by atoms with Gasteiger partial charge in [0.05, 0.1) is 12.8 Å². The van der Waals surface area contributed by atoms with E-state index < -0.39 is 0 Å². The summed E-state index contributed by atoms with van der Waals surface area (Å²) in [5.41, 5.74) is 2.08. The van der Waals surface area contributed by atoms with Crippen LogP contribution in [0.15, 0.2) is 24.3 Å². The van der Waals surface area contributed by atoms with Crippen LogP contribution in [0.5, 0.6) is 5.75 Å². The highest BCUT2D eigenvalue weighted by Gasteiger charge is 2.39. The van der Waals surface area contributed by atoms with E-state index in [1.54, 1.807) is 23.3 Å². The highest BCUT2D eigenvalue weighted by atomic mass is 32.1. The van der Waals surface area contributed by atoms with Crippen LogP contribution in [-0.2, 0) is 11.2 Å². The highest BCUT2D eigenvalue weighted by Crippen LogP contribution is 2.42. The maximum atomic E-state index is 12.7. The molecule has 0 saturated carbocycles. The van der Waals surface area contributed by atoms with Gasteiger partial charge in [-0.3, -0.25) is 4.79 Å². The van der Waals surface area contributed by atoms with Crippen LogP contribution < -0.4 is 9.64 Å². The normalized spacial score (nSPS) is 16.2. The first-order chi connectivity index (χ1) is 12.0. The first-order valence-electron chi connectivity index (χ1n) is 8.63. The van der Waals surface area contributed by atoms with E-state index in [0.29, 0.717) is 6.42 Å². The van der Waals surface area contributed by atoms with Crippen molar-refractivity contribution in [3.63, 3.8) is 0 Å². The summed E-state index contributed by atoms with van der Waals surface area (Å²) in [6.07, 6.45) is 0.678. The van der Waals surface area contributed by atoms with Gasteiger partial charge in [0.2, 0.25) is 5.91 Å². The van der Waals surface area contributed by atoms with E-state index in [0.717, 1.165) is 33.6 Å². The molecule has 1 aromatic carbocycles. The molecule has 0 fully saturated rings. The van der Waals surface area contributed by atoms with E-state index in [4.69, 9.17) is 9.72 Å². The Balaban J connectivity index is 1.94. The van der Waals surface area contributed by atoms with Crippen molar-refractivity contribution in [2.45, 2.75) is 39.3 Å². The van der Waals surface area contributed by atoms with Gasteiger partial charge in [0.1, 0.15) is 21.8 Å². The van der Waals surface area contributed by atoms with Crippen molar-refractivity contribution in [2.24, 2.45) is 0 Å². The zero-order valence-corrected chi connectivity index (χ0v) is 16.3. The van der Waals surface area contributed by atoms with E-state index in [1.165, 1.54) is 0 Å². The highest BCUT2D eigenvalue weighted by molar-refractivity contribution is 7.19. The van der Waals surface area contributed by atoms with Crippen molar-refractivity contribution in [3.8, 4) is 16.3 Å². The Hall–Kier alpha value is -2.08. The summed E-state index contributed by atoms with van der Waals surface area (Å²) >= 11 is 1.66. The minimum atomic E-state index is -0.141. The Bertz CT molecular complexity index is 772. The molecule has 0 saturated heterocycles. The molecule has 1 aliphatic rings. The second-order valence-electron chi connectivity index (χ2n) is 6.58. The third kappa shape index (κ3) is 3.23. The summed E-state index contributed by atoms with van der Waals surface area (Å²) in [6.45, 7) is 6.98. The quantitative estimate of drug-likeness (QED) is 0.820. The molecule has 0 unspecified atom stereocenters. The SMILES string of the molecule is CCN(C)C(=O)[C@H]1Cc2nc(-c3cccc(OC)c3)sc2N1C(C)C. The maximum absolute atomic E-state index is 12.7. The molecule has 3 rings (SSSR count). The van der Waals surface area contributed by atoms with Gasteiger partial charge in [0.15, 0.2) is 0 Å². The van der Waals surface area contributed by atoms with E-state index in [2.05, 4.69) is 18.7 Å². The monoisotopic (exact) mass is 359 g/mol. The van der Waals surface area contributed by atoms with Crippen LogP contribution in [0, 0.1) is 0 Å². The van der Waals surface area contributed by atoms with Crippen molar-refractivity contribution in [2.75, 3.05) is 25.6 Å². The summed E-state index contributed by atoms with van der Waals surface area (Å²) in [5.74, 6) is 0.996. The fourth-order valence-corrected chi connectivity index (χ4v) is 4.47. The molecule has 0 radical (unpaired) electrons. The largest absolute Gasteiger partial charge is 0.497 e. The zero-order chi connectivity index (χ0) is 18.1. The lowest BCUT2D eigenvalue weighted by molar-refractivity contribution is -0.131. The van der Waals surface area contributed by atoms with Gasteiger partial charge in [-0.1, -0.05) is 23.5 Å². The number of hydrogen-bond donors (Lipinski definition) is 0. The van der Waals surface area contributed by atoms with Gasteiger partial charge in [-0.15, -0.1) is 0 Å². The third-order valence-corrected chi connectivity index (χ3v) is 5.80. The molecule has 134 valence electrons. The number of carbonyl (C=O) groups is 1. The summed E-state index contributed by atoms with van der Waals surface area (Å²) in [7, 11) is 3.53. The molecular formula is C19H25N3O2S. The molecular weight excluding hydrogens is 334 g/mol. The lowest BCUT2D eigenvalue weighted by Crippen LogP contribution is -2.48. The molecule has 2 aromatic rings. The number of rotatable bonds is 5. The number of nitrogens with zero attached hydrogens (tertiary/aromatic N) is 3. The fraction of sp³-hybridized carbons (Fsp3) is 0.474. The van der Waals surface area contributed by atoms with Crippen LogP contribution >= 0.6 is 11.3 Å². The molecule has 0 aliphatic carbocycles. The van der Waals surface area contributed by atoms with Crippen molar-refractivity contribution in [3.05, 3.63) is 30.0 Å². The minimum Gasteiger partial charge on any atom is -0.497 e. The Kier molecular flexibility index (Phi) is 4.99. The Morgan fingerprint density at radius 1 is 1.48 bits per heavy atom. The Labute approximate surface area is 153 Å². The van der Waals surface area contributed by atoms with E-state index >= 15 is 0 Å². The van der Waals surface area contributed by atoms with Crippen LogP contribution in [0.25, 0.3) is 10.6 Å². The van der Waals surface area contributed by atoms with E-state index in [1.807, 2.05) is 38.2 Å². The second-order valence-corrected chi connectivity index (χ2v) is 7.55. The van der Waals surface area contributed by atoms with Gasteiger partial charge < -0.3 is 14.5 Å². The zero-order valence-electron chi connectivity index (χ0n) is 15.4. The number of benzene rings is 1. The summed E-state index contributed by atoms with van der Waals surface area (Å²) in [6, 6.07) is 8.06. The summed E-state index contributed by atoms with van der Waals surface area (Å²) < 4.78 is 5.32. The number of anilines is 1. The van der Waals surface area contributed by atoms with Crippen molar-refractivity contribution in [1.29, 1.82) is 0 Å². The Morgan fingerprint density at radius 2 is 2.24 bits per heavy atom. The first-order valence-corrected chi connectivity index (χ1v) is 9.45. The second kappa shape index (κ2) is 7.04. The number of ether oxygens (including phenoxy) is 1. The van der Waals surface area contributed by atoms with Gasteiger partial charge in [-0.25, -0.2) is 4.98 Å². The topological polar surface area (TPSA) is 45.7 Å². The number of aromatic nitrogens is 1. The molecule has 1 aliphatic heterocycles. The smallest absolute Gasteiger partial charge is 0.245 e. The standard InChI is InChI=1S/C19H25N3O2S/c1-6-21(4)18(23)16-11-15-19(22(16)12(2)3)25-17(20-15)13-8-7-9-14(10-13)24-5/h7-10,12,16H,6,11H2,1-5H3/t16-/m1/s1. The minimum absolute atomic E-state index is 0.141. The number of hydrogen-bond acceptors (Lipinski definition) is 5. The molecule has 5 nitrogen and oxygen atoms in total. The first kappa shape index (κ1) is 17.7. The molecule has 1 amide bonds. The van der Waals surface area contributed by atoms with Gasteiger partial charge in [-0.2, -0.15) is 0 Å². The number of methoxy groups -OCH3 is 1. The molecule has 0 bridgehead atoms. The van der Waals surface area contributed by atoms with Gasteiger partial charge in [-0.05, 0) is 32.9 Å². The number of amides is 1. The molecule has 1 aromatic heterocycles. The van der Waals surface area contributed by atoms with Crippen molar-refractivity contribution >= 4 is 22.2 Å². The molecule has 25 heavy (non-hydrogen) atoms. The summed E-state index contributed by atoms with van der Waals surface area (Å²) in [4.78, 5) is 21.6. The van der Waals surface area contributed by atoms with Crippen LogP contribution in [0.3, 0.4) is 0 Å². The molecule has 0 spiro atoms. The predicted molar refractivity (Wildman–Crippen MR) is 103 cm³/mol. The molecule has 1 atom stereocenters. The number of fused-ring (bicyclic) bond motifs is 1. The lowest BCUT2D eigenvalue weighted by Gasteiger charge is -2.32. The van der Waals surface area contributed by atoms with Crippen LogP contribution in [0.1, 0.15) is 26.5 Å². The maximum Gasteiger partial charge on any atom is 0.245 e. The third-order valence-electron chi connectivity index (χ3n) is 4.64. The van der Waals surface area contributed by atoms with Gasteiger partial charge >= 0.3 is 0 Å². The van der Waals surface area contributed by atoms with Crippen LogP contribution in [0.4, 0.5) is 5.00 Å². The lowest BCUT2D eigenvalue weighted by atomic mass is 10.1. The van der Waals surface area contributed by atoms with Gasteiger partial charge in [0.25, 0.3) is 0 Å². The van der Waals surface area contributed by atoms with Crippen molar-refractivity contribution in [1.82, 2.24) is 9.88 Å². The predicted octanol–water partition coefficient (Wildman–Crippen LogP) is 3.44. The van der Waals surface area contributed by atoms with Crippen LogP contribution in [0.2, 0.25) is 0 Å².